The first-order chi connectivity index (χ1) is 9.98. The average molecular weight is 288 g/mol. The van der Waals surface area contributed by atoms with Gasteiger partial charge in [-0.3, -0.25) is 0 Å². The molecular formula is C16H17FN2O2. The predicted molar refractivity (Wildman–Crippen MR) is 77.0 cm³/mol. The highest BCUT2D eigenvalue weighted by atomic mass is 19.1. The Kier molecular flexibility index (Phi) is 3.29. The van der Waals surface area contributed by atoms with Crippen LogP contribution in [0.4, 0.5) is 4.39 Å². The molecule has 0 saturated carbocycles. The Labute approximate surface area is 122 Å². The van der Waals surface area contributed by atoms with E-state index in [0.717, 1.165) is 23.9 Å². The number of fused-ring (bicyclic) bond motifs is 1. The molecule has 21 heavy (non-hydrogen) atoms. The third kappa shape index (κ3) is 2.69. The van der Waals surface area contributed by atoms with Gasteiger partial charge in [-0.05, 0) is 26.0 Å². The van der Waals surface area contributed by atoms with Gasteiger partial charge in [0, 0.05) is 24.1 Å². The molecule has 1 aliphatic heterocycles. The van der Waals surface area contributed by atoms with Gasteiger partial charge in [-0.2, -0.15) is 0 Å². The van der Waals surface area contributed by atoms with Gasteiger partial charge < -0.3 is 15.2 Å². The first-order valence-electron chi connectivity index (χ1n) is 6.82. The summed E-state index contributed by atoms with van der Waals surface area (Å²) in [5.74, 6) is 1.17. The summed E-state index contributed by atoms with van der Waals surface area (Å²) in [5, 5.41) is 0. The molecule has 0 amide bonds. The van der Waals surface area contributed by atoms with Gasteiger partial charge in [0.05, 0.1) is 6.20 Å². The van der Waals surface area contributed by atoms with Crippen LogP contribution in [0.2, 0.25) is 0 Å². The Hall–Kier alpha value is -2.14. The number of nitrogens with two attached hydrogens (primary N) is 1. The lowest BCUT2D eigenvalue weighted by Crippen LogP contribution is -2.24. The third-order valence-corrected chi connectivity index (χ3v) is 3.37. The highest BCUT2D eigenvalue weighted by molar-refractivity contribution is 5.51. The summed E-state index contributed by atoms with van der Waals surface area (Å²) < 4.78 is 24.9. The van der Waals surface area contributed by atoms with Crippen LogP contribution in [0.3, 0.4) is 0 Å². The van der Waals surface area contributed by atoms with Gasteiger partial charge in [-0.25, -0.2) is 9.37 Å². The number of aromatic nitrogens is 1. The van der Waals surface area contributed by atoms with Crippen LogP contribution < -0.4 is 15.2 Å². The average Bonchev–Trinajstić information content (AvgIpc) is 2.75. The molecule has 3 rings (SSSR count). The fourth-order valence-corrected chi connectivity index (χ4v) is 2.48. The van der Waals surface area contributed by atoms with E-state index >= 15 is 0 Å². The van der Waals surface area contributed by atoms with Gasteiger partial charge in [-0.1, -0.05) is 12.1 Å². The molecule has 2 heterocycles. The number of rotatable bonds is 3. The van der Waals surface area contributed by atoms with Crippen LogP contribution in [0, 0.1) is 5.82 Å². The maximum Gasteiger partial charge on any atom is 0.224 e. The number of nitrogens with zero attached hydrogens (tertiary/aromatic N) is 1. The van der Waals surface area contributed by atoms with E-state index in [1.165, 1.54) is 6.07 Å². The smallest absolute Gasteiger partial charge is 0.224 e. The normalized spacial score (nSPS) is 15.4. The summed E-state index contributed by atoms with van der Waals surface area (Å²) in [5.41, 5.74) is 6.97. The zero-order valence-electron chi connectivity index (χ0n) is 12.0. The van der Waals surface area contributed by atoms with E-state index in [4.69, 9.17) is 15.2 Å². The fourth-order valence-electron chi connectivity index (χ4n) is 2.48. The van der Waals surface area contributed by atoms with Crippen LogP contribution in [0.1, 0.15) is 25.0 Å². The van der Waals surface area contributed by atoms with Crippen LogP contribution in [-0.2, 0) is 13.0 Å². The topological polar surface area (TPSA) is 57.4 Å². The van der Waals surface area contributed by atoms with E-state index in [9.17, 15) is 4.39 Å². The molecule has 0 fully saturated rings. The maximum atomic E-state index is 13.2. The molecule has 1 aliphatic rings. The van der Waals surface area contributed by atoms with Crippen LogP contribution >= 0.6 is 0 Å². The minimum Gasteiger partial charge on any atom is -0.483 e. The van der Waals surface area contributed by atoms with Gasteiger partial charge in [-0.15, -0.1) is 0 Å². The molecule has 0 atom stereocenters. The van der Waals surface area contributed by atoms with E-state index in [-0.39, 0.29) is 12.1 Å². The summed E-state index contributed by atoms with van der Waals surface area (Å²) in [6.45, 7) is 4.21. The van der Waals surface area contributed by atoms with Gasteiger partial charge >= 0.3 is 0 Å². The number of hydrogen-bond acceptors (Lipinski definition) is 4. The Bertz CT molecular complexity index is 686. The minimum absolute atomic E-state index is 0.154. The van der Waals surface area contributed by atoms with Crippen molar-refractivity contribution in [1.82, 2.24) is 4.98 Å². The third-order valence-electron chi connectivity index (χ3n) is 3.37. The second-order valence-corrected chi connectivity index (χ2v) is 5.71. The molecule has 0 bridgehead atoms. The van der Waals surface area contributed by atoms with Crippen LogP contribution in [0.15, 0.2) is 30.5 Å². The van der Waals surface area contributed by atoms with Gasteiger partial charge in [0.1, 0.15) is 11.4 Å². The number of ether oxygens (including phenoxy) is 2. The lowest BCUT2D eigenvalue weighted by molar-refractivity contribution is 0.135. The summed E-state index contributed by atoms with van der Waals surface area (Å²) >= 11 is 0. The van der Waals surface area contributed by atoms with E-state index in [2.05, 4.69) is 4.98 Å². The Morgan fingerprint density at radius 3 is 3.00 bits per heavy atom. The number of benzene rings is 1. The molecule has 0 spiro atoms. The van der Waals surface area contributed by atoms with Crippen molar-refractivity contribution in [3.63, 3.8) is 0 Å². The highest BCUT2D eigenvalue weighted by Gasteiger charge is 2.32. The molecule has 2 aromatic rings. The second-order valence-electron chi connectivity index (χ2n) is 5.71. The highest BCUT2D eigenvalue weighted by Crippen LogP contribution is 2.43. The molecule has 5 heteroatoms. The van der Waals surface area contributed by atoms with E-state index < -0.39 is 5.82 Å². The van der Waals surface area contributed by atoms with E-state index in [1.54, 1.807) is 0 Å². The largest absolute Gasteiger partial charge is 0.483 e. The molecule has 0 saturated heterocycles. The summed E-state index contributed by atoms with van der Waals surface area (Å²) in [7, 11) is 0. The van der Waals surface area contributed by atoms with Gasteiger partial charge in [0.25, 0.3) is 0 Å². The van der Waals surface area contributed by atoms with Crippen molar-refractivity contribution in [2.45, 2.75) is 32.4 Å². The molecule has 1 aromatic heterocycles. The monoisotopic (exact) mass is 288 g/mol. The molecule has 0 radical (unpaired) electrons. The van der Waals surface area contributed by atoms with Crippen molar-refractivity contribution in [2.24, 2.45) is 5.73 Å². The summed E-state index contributed by atoms with van der Waals surface area (Å²) in [6, 6.07) is 7.06. The Balaban J connectivity index is 1.96. The minimum atomic E-state index is -0.432. The summed E-state index contributed by atoms with van der Waals surface area (Å²) in [4.78, 5) is 3.97. The molecule has 1 aromatic carbocycles. The van der Waals surface area contributed by atoms with Crippen molar-refractivity contribution in [2.75, 3.05) is 0 Å². The number of para-hydroxylation sites is 1. The van der Waals surface area contributed by atoms with Crippen molar-refractivity contribution in [1.29, 1.82) is 0 Å². The zero-order chi connectivity index (χ0) is 15.0. The molecule has 0 unspecified atom stereocenters. The number of halogens is 1. The lowest BCUT2D eigenvalue weighted by atomic mass is 10.0. The first-order valence-corrected chi connectivity index (χ1v) is 6.82. The molecular weight excluding hydrogens is 271 g/mol. The summed E-state index contributed by atoms with van der Waals surface area (Å²) in [6.07, 6.45) is 1.93. The first kappa shape index (κ1) is 13.8. The van der Waals surface area contributed by atoms with E-state index in [0.29, 0.717) is 17.2 Å². The number of hydrogen-bond donors (Lipinski definition) is 1. The Morgan fingerprint density at radius 2 is 2.24 bits per heavy atom. The van der Waals surface area contributed by atoms with Crippen molar-refractivity contribution < 1.29 is 13.9 Å². The predicted octanol–water partition coefficient (Wildman–Crippen LogP) is 3.19. The van der Waals surface area contributed by atoms with Crippen molar-refractivity contribution in [3.8, 4) is 17.4 Å². The zero-order valence-corrected chi connectivity index (χ0v) is 12.0. The number of pyridine rings is 1. The molecule has 110 valence electrons. The second kappa shape index (κ2) is 5.00. The van der Waals surface area contributed by atoms with E-state index in [1.807, 2.05) is 32.0 Å². The van der Waals surface area contributed by atoms with Crippen molar-refractivity contribution >= 4 is 0 Å². The SMILES string of the molecule is CC1(C)Cc2cccc(Oc3ncc(F)cc3CN)c2O1. The van der Waals surface area contributed by atoms with Crippen LogP contribution in [-0.4, -0.2) is 10.6 Å². The maximum absolute atomic E-state index is 13.2. The Morgan fingerprint density at radius 1 is 1.43 bits per heavy atom. The fraction of sp³-hybridized carbons (Fsp3) is 0.312. The standard InChI is InChI=1S/C16H17FN2O2/c1-16(2)7-10-4-3-5-13(14(10)21-16)20-15-11(8-18)6-12(17)9-19-15/h3-6,9H,7-8,18H2,1-2H3. The quantitative estimate of drug-likeness (QED) is 0.942. The molecule has 0 aliphatic carbocycles. The lowest BCUT2D eigenvalue weighted by Gasteiger charge is -2.18. The van der Waals surface area contributed by atoms with Gasteiger partial charge in [0.15, 0.2) is 11.5 Å². The van der Waals surface area contributed by atoms with Gasteiger partial charge in [0.2, 0.25) is 5.88 Å². The van der Waals surface area contributed by atoms with Crippen LogP contribution in [0.25, 0.3) is 0 Å². The molecule has 2 N–H and O–H groups in total. The molecule has 4 nitrogen and oxygen atoms in total. The van der Waals surface area contributed by atoms with Crippen LogP contribution in [0.5, 0.6) is 17.4 Å². The van der Waals surface area contributed by atoms with Crippen molar-refractivity contribution in [3.05, 3.63) is 47.4 Å².